The number of para-hydroxylation sites is 1. The van der Waals surface area contributed by atoms with Gasteiger partial charge in [-0.1, -0.05) is 30.4 Å². The van der Waals surface area contributed by atoms with Crippen LogP contribution in [0.25, 0.3) is 0 Å². The molecule has 1 heterocycles. The van der Waals surface area contributed by atoms with Gasteiger partial charge in [-0.25, -0.2) is 0 Å². The predicted molar refractivity (Wildman–Crippen MR) is 66.8 cm³/mol. The van der Waals surface area contributed by atoms with E-state index < -0.39 is 0 Å². The third kappa shape index (κ3) is 2.01. The molecule has 0 aliphatic carbocycles. The standard InChI is InChI=1S/C10H12N2S2/c1-14-10(13)12-9-6-7-4-2-3-5-8(7)11-9/h2-5,9,11H,6H2,1H3,(H,12,13). The number of benzene rings is 1. The van der Waals surface area contributed by atoms with Gasteiger partial charge in [0.25, 0.3) is 0 Å². The van der Waals surface area contributed by atoms with Crippen LogP contribution in [0.3, 0.4) is 0 Å². The van der Waals surface area contributed by atoms with Gasteiger partial charge >= 0.3 is 0 Å². The largest absolute Gasteiger partial charge is 0.365 e. The smallest absolute Gasteiger partial charge is 0.135 e. The maximum atomic E-state index is 5.11. The summed E-state index contributed by atoms with van der Waals surface area (Å²) in [5.41, 5.74) is 2.57. The minimum absolute atomic E-state index is 0.257. The van der Waals surface area contributed by atoms with Gasteiger partial charge in [-0.05, 0) is 17.9 Å². The van der Waals surface area contributed by atoms with Crippen LogP contribution in [0.5, 0.6) is 0 Å². The topological polar surface area (TPSA) is 24.1 Å². The second-order valence-corrected chi connectivity index (χ2v) is 4.68. The number of thioether (sulfide) groups is 1. The lowest BCUT2D eigenvalue weighted by atomic mass is 10.1. The molecule has 4 heteroatoms. The van der Waals surface area contributed by atoms with E-state index in [1.807, 2.05) is 12.3 Å². The summed E-state index contributed by atoms with van der Waals surface area (Å²) in [4.78, 5) is 0. The van der Waals surface area contributed by atoms with Gasteiger partial charge in [-0.15, -0.1) is 11.8 Å². The van der Waals surface area contributed by atoms with Crippen molar-refractivity contribution in [3.63, 3.8) is 0 Å². The normalized spacial score (nSPS) is 18.5. The summed E-state index contributed by atoms with van der Waals surface area (Å²) in [6.07, 6.45) is 3.24. The van der Waals surface area contributed by atoms with Crippen molar-refractivity contribution in [2.75, 3.05) is 11.6 Å². The molecule has 1 aromatic carbocycles. The molecule has 1 unspecified atom stereocenters. The van der Waals surface area contributed by atoms with Crippen LogP contribution in [-0.4, -0.2) is 16.7 Å². The van der Waals surface area contributed by atoms with Crippen LogP contribution in [0.15, 0.2) is 24.3 Å². The van der Waals surface area contributed by atoms with E-state index in [2.05, 4.69) is 28.8 Å². The highest BCUT2D eigenvalue weighted by molar-refractivity contribution is 8.22. The Hall–Kier alpha value is -0.740. The van der Waals surface area contributed by atoms with Gasteiger partial charge in [0.05, 0.1) is 0 Å². The van der Waals surface area contributed by atoms with Crippen molar-refractivity contribution in [1.82, 2.24) is 5.32 Å². The van der Waals surface area contributed by atoms with Gasteiger partial charge in [0.2, 0.25) is 0 Å². The Balaban J connectivity index is 2.01. The van der Waals surface area contributed by atoms with Gasteiger partial charge in [0.15, 0.2) is 0 Å². The molecule has 74 valence electrons. The van der Waals surface area contributed by atoms with E-state index >= 15 is 0 Å². The molecule has 0 fully saturated rings. The summed E-state index contributed by atoms with van der Waals surface area (Å²) in [6, 6.07) is 8.35. The van der Waals surface area contributed by atoms with E-state index in [4.69, 9.17) is 12.2 Å². The zero-order valence-electron chi connectivity index (χ0n) is 7.91. The molecule has 0 bridgehead atoms. The minimum atomic E-state index is 0.257. The second-order valence-electron chi connectivity index (χ2n) is 3.19. The quantitative estimate of drug-likeness (QED) is 0.714. The van der Waals surface area contributed by atoms with Crippen molar-refractivity contribution >= 4 is 34.0 Å². The summed E-state index contributed by atoms with van der Waals surface area (Å²) in [5.74, 6) is 0. The summed E-state index contributed by atoms with van der Waals surface area (Å²) in [7, 11) is 0. The van der Waals surface area contributed by atoms with Crippen molar-refractivity contribution in [2.45, 2.75) is 12.6 Å². The molecule has 14 heavy (non-hydrogen) atoms. The number of anilines is 1. The molecule has 0 saturated carbocycles. The fourth-order valence-electron chi connectivity index (χ4n) is 1.59. The molecule has 2 nitrogen and oxygen atoms in total. The van der Waals surface area contributed by atoms with Crippen molar-refractivity contribution < 1.29 is 0 Å². The van der Waals surface area contributed by atoms with E-state index in [1.54, 1.807) is 11.8 Å². The van der Waals surface area contributed by atoms with E-state index in [9.17, 15) is 0 Å². The van der Waals surface area contributed by atoms with Crippen LogP contribution < -0.4 is 10.6 Å². The highest BCUT2D eigenvalue weighted by Gasteiger charge is 2.19. The average Bonchev–Trinajstić information content (AvgIpc) is 2.59. The average molecular weight is 224 g/mol. The maximum Gasteiger partial charge on any atom is 0.135 e. The van der Waals surface area contributed by atoms with Gasteiger partial charge in [-0.3, -0.25) is 0 Å². The molecule has 0 radical (unpaired) electrons. The first-order valence-electron chi connectivity index (χ1n) is 4.48. The number of thiocarbonyl (C=S) groups is 1. The van der Waals surface area contributed by atoms with Crippen molar-refractivity contribution in [3.05, 3.63) is 29.8 Å². The molecule has 2 N–H and O–H groups in total. The number of rotatable bonds is 1. The third-order valence-corrected chi connectivity index (χ3v) is 3.36. The second kappa shape index (κ2) is 4.19. The van der Waals surface area contributed by atoms with Crippen molar-refractivity contribution in [2.24, 2.45) is 0 Å². The Labute approximate surface area is 93.5 Å². The van der Waals surface area contributed by atoms with Gasteiger partial charge in [-0.2, -0.15) is 0 Å². The number of nitrogens with one attached hydrogen (secondary N) is 2. The number of fused-ring (bicyclic) bond motifs is 1. The molecule has 2 rings (SSSR count). The Morgan fingerprint density at radius 3 is 3.07 bits per heavy atom. The van der Waals surface area contributed by atoms with E-state index in [0.29, 0.717) is 0 Å². The molecule has 0 amide bonds. The first-order chi connectivity index (χ1) is 6.79. The number of hydrogen-bond donors (Lipinski definition) is 2. The minimum Gasteiger partial charge on any atom is -0.365 e. The molecule has 1 aliphatic rings. The first-order valence-corrected chi connectivity index (χ1v) is 6.12. The van der Waals surface area contributed by atoms with E-state index in [-0.39, 0.29) is 6.17 Å². The van der Waals surface area contributed by atoms with Crippen LogP contribution in [0.4, 0.5) is 5.69 Å². The fourth-order valence-corrected chi connectivity index (χ4v) is 1.99. The Morgan fingerprint density at radius 1 is 1.57 bits per heavy atom. The number of hydrogen-bond acceptors (Lipinski definition) is 3. The summed E-state index contributed by atoms with van der Waals surface area (Å²) in [5, 5.41) is 6.65. The zero-order valence-corrected chi connectivity index (χ0v) is 9.54. The molecule has 1 aromatic rings. The lowest BCUT2D eigenvalue weighted by Gasteiger charge is -2.13. The molecule has 0 aromatic heterocycles. The fraction of sp³-hybridized carbons (Fsp3) is 0.300. The van der Waals surface area contributed by atoms with Gasteiger partial charge in [0.1, 0.15) is 10.5 Å². The lowest BCUT2D eigenvalue weighted by molar-refractivity contribution is 0.719. The van der Waals surface area contributed by atoms with E-state index in [1.165, 1.54) is 11.3 Å². The van der Waals surface area contributed by atoms with Crippen LogP contribution in [0.2, 0.25) is 0 Å². The van der Waals surface area contributed by atoms with Crippen LogP contribution in [0, 0.1) is 0 Å². The molecular weight excluding hydrogens is 212 g/mol. The Bertz CT molecular complexity index is 327. The van der Waals surface area contributed by atoms with Crippen LogP contribution in [-0.2, 0) is 6.42 Å². The third-order valence-electron chi connectivity index (χ3n) is 2.25. The molecular formula is C10H12N2S2. The summed E-state index contributed by atoms with van der Waals surface area (Å²) >= 11 is 6.69. The van der Waals surface area contributed by atoms with Crippen molar-refractivity contribution in [1.29, 1.82) is 0 Å². The Kier molecular flexibility index (Phi) is 2.93. The maximum absolute atomic E-state index is 5.11. The zero-order chi connectivity index (χ0) is 9.97. The highest BCUT2D eigenvalue weighted by atomic mass is 32.2. The summed E-state index contributed by atoms with van der Waals surface area (Å²) < 4.78 is 0.843. The van der Waals surface area contributed by atoms with Crippen molar-refractivity contribution in [3.8, 4) is 0 Å². The molecule has 0 spiro atoms. The van der Waals surface area contributed by atoms with Crippen LogP contribution >= 0.6 is 24.0 Å². The highest BCUT2D eigenvalue weighted by Crippen LogP contribution is 2.24. The first kappa shape index (κ1) is 9.80. The molecule has 1 aliphatic heterocycles. The van der Waals surface area contributed by atoms with Gasteiger partial charge in [0, 0.05) is 12.1 Å². The van der Waals surface area contributed by atoms with Crippen LogP contribution in [0.1, 0.15) is 5.56 Å². The van der Waals surface area contributed by atoms with Gasteiger partial charge < -0.3 is 10.6 Å². The lowest BCUT2D eigenvalue weighted by Crippen LogP contribution is -2.36. The molecule has 1 atom stereocenters. The SMILES string of the molecule is CSC(=S)NC1Cc2ccccc2N1. The van der Waals surface area contributed by atoms with E-state index in [0.717, 1.165) is 10.7 Å². The molecule has 0 saturated heterocycles. The predicted octanol–water partition coefficient (Wildman–Crippen LogP) is 2.22. The Morgan fingerprint density at radius 2 is 2.36 bits per heavy atom. The summed E-state index contributed by atoms with van der Waals surface area (Å²) in [6.45, 7) is 0. The monoisotopic (exact) mass is 224 g/mol.